The molecule has 0 radical (unpaired) electrons. The van der Waals surface area contributed by atoms with Gasteiger partial charge in [0.05, 0.1) is 30.8 Å². The molecule has 0 aromatic rings. The van der Waals surface area contributed by atoms with Gasteiger partial charge in [0.2, 0.25) is 5.91 Å². The second-order valence-corrected chi connectivity index (χ2v) is 11.6. The Bertz CT molecular complexity index is 867. The van der Waals surface area contributed by atoms with Crippen molar-refractivity contribution < 1.29 is 49.3 Å². The standard InChI is InChI=1S/C25H52N8O10/c26-4-3-15(35)22(38)33-14-7-13(30)20(42-23-12(29)2-1-11(8-28)40-23)25(39,10-32-6-5-27)21(14)43-24-19(37)17(31)18(36)16(9-34)41-24/h11-21,23-24,32,34-37,39H,1-10,26-31H2,(H,33,38)/t11?,12?,13-,14+,15-,16?,17-,18-,19?,20?,21+,23-,24-,25?/m0/s1. The van der Waals surface area contributed by atoms with Gasteiger partial charge in [-0.2, -0.15) is 0 Å². The van der Waals surface area contributed by atoms with Crippen LogP contribution in [0.1, 0.15) is 25.7 Å². The first-order valence-electron chi connectivity index (χ1n) is 14.8. The summed E-state index contributed by atoms with van der Waals surface area (Å²) < 4.78 is 24.1. The van der Waals surface area contributed by atoms with Gasteiger partial charge in [-0.1, -0.05) is 0 Å². The van der Waals surface area contributed by atoms with Gasteiger partial charge < -0.3 is 89.5 Å². The second kappa shape index (κ2) is 16.4. The van der Waals surface area contributed by atoms with Gasteiger partial charge >= 0.3 is 0 Å². The first-order valence-corrected chi connectivity index (χ1v) is 14.8. The molecular weight excluding hydrogens is 572 g/mol. The number of hydrogen-bond acceptors (Lipinski definition) is 17. The fraction of sp³-hybridized carbons (Fsp3) is 0.960. The van der Waals surface area contributed by atoms with Gasteiger partial charge in [-0.25, -0.2) is 0 Å². The van der Waals surface area contributed by atoms with E-state index in [1.807, 2.05) is 0 Å². The van der Waals surface area contributed by atoms with Crippen LogP contribution in [0.3, 0.4) is 0 Å². The van der Waals surface area contributed by atoms with Crippen LogP contribution in [0, 0.1) is 0 Å². The maximum atomic E-state index is 12.9. The van der Waals surface area contributed by atoms with Crippen molar-refractivity contribution in [1.29, 1.82) is 0 Å². The highest BCUT2D eigenvalue weighted by atomic mass is 16.7. The Morgan fingerprint density at radius 3 is 2.30 bits per heavy atom. The van der Waals surface area contributed by atoms with Crippen molar-refractivity contribution in [2.45, 2.75) is 111 Å². The number of aliphatic hydroxyl groups is 5. The Hall–Kier alpha value is -1.17. The molecule has 2 aliphatic heterocycles. The van der Waals surface area contributed by atoms with Gasteiger partial charge in [0.25, 0.3) is 0 Å². The molecule has 3 aliphatic rings. The first-order chi connectivity index (χ1) is 20.4. The number of nitrogens with one attached hydrogen (secondary N) is 2. The van der Waals surface area contributed by atoms with Crippen LogP contribution in [0.5, 0.6) is 0 Å². The Labute approximate surface area is 250 Å². The lowest BCUT2D eigenvalue weighted by molar-refractivity contribution is -0.332. The fourth-order valence-corrected chi connectivity index (χ4v) is 5.84. The van der Waals surface area contributed by atoms with E-state index >= 15 is 0 Å². The smallest absolute Gasteiger partial charge is 0.249 e. The van der Waals surface area contributed by atoms with Gasteiger partial charge in [0, 0.05) is 32.2 Å². The van der Waals surface area contributed by atoms with Crippen LogP contribution in [0.2, 0.25) is 0 Å². The third kappa shape index (κ3) is 8.55. The number of rotatable bonds is 14. The Morgan fingerprint density at radius 1 is 0.977 bits per heavy atom. The average Bonchev–Trinajstić information content (AvgIpc) is 2.98. The minimum absolute atomic E-state index is 0.0290. The SMILES string of the molecule is NCCNCC1(O)C(O[C@@H]2OC(CN)CCC2N)[C@@H](N)C[C@@H](NC(=O)[C@@H](O)CCN)[C@H]1O[C@@H]1OC(CO)[C@H](O)[C@H](N)C1O. The molecule has 6 unspecified atom stereocenters. The van der Waals surface area contributed by atoms with E-state index in [-0.39, 0.29) is 51.7 Å². The van der Waals surface area contributed by atoms with Crippen LogP contribution in [0.4, 0.5) is 0 Å². The summed E-state index contributed by atoms with van der Waals surface area (Å²) in [5, 5.41) is 59.3. The number of nitrogens with two attached hydrogens (primary N) is 6. The van der Waals surface area contributed by atoms with E-state index in [9.17, 15) is 30.3 Å². The molecule has 3 fully saturated rings. The molecule has 0 spiro atoms. The molecular formula is C25H52N8O10. The van der Waals surface area contributed by atoms with E-state index in [0.29, 0.717) is 12.8 Å². The molecule has 0 aromatic heterocycles. The molecule has 0 aromatic carbocycles. The van der Waals surface area contributed by atoms with E-state index in [1.54, 1.807) is 0 Å². The number of carbonyl (C=O) groups is 1. The van der Waals surface area contributed by atoms with Crippen LogP contribution < -0.4 is 45.0 Å². The number of carbonyl (C=O) groups excluding carboxylic acids is 1. The normalized spacial score (nSPS) is 42.9. The van der Waals surface area contributed by atoms with Crippen LogP contribution >= 0.6 is 0 Å². The van der Waals surface area contributed by atoms with Crippen molar-refractivity contribution in [1.82, 2.24) is 10.6 Å². The summed E-state index contributed by atoms with van der Waals surface area (Å²) in [4.78, 5) is 12.9. The predicted molar refractivity (Wildman–Crippen MR) is 151 cm³/mol. The van der Waals surface area contributed by atoms with Crippen LogP contribution in [-0.4, -0.2) is 156 Å². The Morgan fingerprint density at radius 2 is 1.67 bits per heavy atom. The zero-order valence-corrected chi connectivity index (χ0v) is 24.3. The lowest BCUT2D eigenvalue weighted by Crippen LogP contribution is -2.76. The van der Waals surface area contributed by atoms with Gasteiger partial charge in [0.1, 0.15) is 42.2 Å². The van der Waals surface area contributed by atoms with Gasteiger partial charge in [0.15, 0.2) is 12.6 Å². The van der Waals surface area contributed by atoms with Crippen molar-refractivity contribution in [3.05, 3.63) is 0 Å². The third-order valence-electron chi connectivity index (χ3n) is 8.33. The van der Waals surface area contributed by atoms with E-state index in [1.165, 1.54) is 0 Å². The monoisotopic (exact) mass is 624 g/mol. The molecule has 19 N–H and O–H groups in total. The molecule has 1 saturated carbocycles. The summed E-state index contributed by atoms with van der Waals surface area (Å²) in [7, 11) is 0. The number of amides is 1. The topological polar surface area (TPSA) is 335 Å². The summed E-state index contributed by atoms with van der Waals surface area (Å²) in [6.45, 7) is -0.119. The zero-order chi connectivity index (χ0) is 31.9. The average molecular weight is 625 g/mol. The number of hydrogen-bond donors (Lipinski definition) is 13. The molecule has 1 amide bonds. The molecule has 2 heterocycles. The zero-order valence-electron chi connectivity index (χ0n) is 24.3. The number of aliphatic hydroxyl groups excluding tert-OH is 4. The van der Waals surface area contributed by atoms with E-state index in [0.717, 1.165) is 0 Å². The van der Waals surface area contributed by atoms with E-state index in [4.69, 9.17) is 53.3 Å². The van der Waals surface area contributed by atoms with E-state index < -0.39 is 91.5 Å². The molecule has 2 saturated heterocycles. The minimum atomic E-state index is -2.07. The third-order valence-corrected chi connectivity index (χ3v) is 8.33. The molecule has 18 heteroatoms. The largest absolute Gasteiger partial charge is 0.394 e. The molecule has 14 atom stereocenters. The van der Waals surface area contributed by atoms with Crippen LogP contribution in [0.25, 0.3) is 0 Å². The molecule has 1 aliphatic carbocycles. The van der Waals surface area contributed by atoms with Gasteiger partial charge in [-0.15, -0.1) is 0 Å². The molecule has 18 nitrogen and oxygen atoms in total. The van der Waals surface area contributed by atoms with Crippen LogP contribution in [-0.2, 0) is 23.7 Å². The van der Waals surface area contributed by atoms with Gasteiger partial charge in [-0.3, -0.25) is 4.79 Å². The van der Waals surface area contributed by atoms with Crippen molar-refractivity contribution in [3.8, 4) is 0 Å². The van der Waals surface area contributed by atoms with Crippen LogP contribution in [0.15, 0.2) is 0 Å². The Kier molecular flexibility index (Phi) is 13.9. The highest BCUT2D eigenvalue weighted by Crippen LogP contribution is 2.37. The fourth-order valence-electron chi connectivity index (χ4n) is 5.84. The maximum absolute atomic E-state index is 12.9. The summed E-state index contributed by atoms with van der Waals surface area (Å²) in [5.41, 5.74) is 33.8. The maximum Gasteiger partial charge on any atom is 0.249 e. The second-order valence-electron chi connectivity index (χ2n) is 11.6. The number of ether oxygens (including phenoxy) is 4. The summed E-state index contributed by atoms with van der Waals surface area (Å²) in [6, 6.07) is -3.84. The summed E-state index contributed by atoms with van der Waals surface area (Å²) in [5.74, 6) is -0.790. The van der Waals surface area contributed by atoms with Gasteiger partial charge in [-0.05, 0) is 32.2 Å². The highest BCUT2D eigenvalue weighted by molar-refractivity contribution is 5.80. The molecule has 0 bridgehead atoms. The molecule has 43 heavy (non-hydrogen) atoms. The first kappa shape index (κ1) is 36.3. The summed E-state index contributed by atoms with van der Waals surface area (Å²) in [6.07, 6.45) is -10.1. The predicted octanol–water partition coefficient (Wildman–Crippen LogP) is -7.48. The van der Waals surface area contributed by atoms with Crippen molar-refractivity contribution in [2.24, 2.45) is 34.4 Å². The molecule has 252 valence electrons. The van der Waals surface area contributed by atoms with E-state index in [2.05, 4.69) is 10.6 Å². The quantitative estimate of drug-likeness (QED) is 0.0798. The summed E-state index contributed by atoms with van der Waals surface area (Å²) >= 11 is 0. The Balaban J connectivity index is 2.00. The van der Waals surface area contributed by atoms with Crippen molar-refractivity contribution >= 4 is 5.91 Å². The highest BCUT2D eigenvalue weighted by Gasteiger charge is 2.59. The van der Waals surface area contributed by atoms with Crippen molar-refractivity contribution in [3.63, 3.8) is 0 Å². The van der Waals surface area contributed by atoms with Crippen molar-refractivity contribution in [2.75, 3.05) is 39.3 Å². The lowest BCUT2D eigenvalue weighted by Gasteiger charge is -2.54. The lowest BCUT2D eigenvalue weighted by atomic mass is 9.73. The molecule has 3 rings (SSSR count). The minimum Gasteiger partial charge on any atom is -0.394 e.